The van der Waals surface area contributed by atoms with Crippen molar-refractivity contribution in [2.24, 2.45) is 5.41 Å². The van der Waals surface area contributed by atoms with Crippen LogP contribution in [0.4, 0.5) is 0 Å². The number of carbonyl (C=O) groups is 1. The zero-order chi connectivity index (χ0) is 11.2. The summed E-state index contributed by atoms with van der Waals surface area (Å²) in [5, 5.41) is 3.21. The molecule has 0 spiro atoms. The third-order valence-corrected chi connectivity index (χ3v) is 1.52. The molecule has 0 aliphatic carbocycles. The van der Waals surface area contributed by atoms with Gasteiger partial charge in [-0.15, -0.1) is 0 Å². The van der Waals surface area contributed by atoms with Gasteiger partial charge in [0.05, 0.1) is 0 Å². The minimum atomic E-state index is -0.317. The van der Waals surface area contributed by atoms with Crippen molar-refractivity contribution in [3.8, 4) is 0 Å². The molecule has 0 aliphatic rings. The molecule has 0 radical (unpaired) electrons. The number of esters is 1. The zero-order valence-electron chi connectivity index (χ0n) is 9.64. The molecule has 0 atom stereocenters. The third kappa shape index (κ3) is 7.80. The molecule has 0 aromatic carbocycles. The molecule has 3 heteroatoms. The fourth-order valence-corrected chi connectivity index (χ4v) is 0.802. The van der Waals surface area contributed by atoms with Crippen LogP contribution in [0.3, 0.4) is 0 Å². The summed E-state index contributed by atoms with van der Waals surface area (Å²) in [6.07, 6.45) is 0. The van der Waals surface area contributed by atoms with E-state index in [1.165, 1.54) is 0 Å². The summed E-state index contributed by atoms with van der Waals surface area (Å²) in [4.78, 5) is 11.0. The molecular weight excluding hydrogens is 178 g/mol. The Kier molecular flexibility index (Phi) is 5.46. The first-order valence-corrected chi connectivity index (χ1v) is 4.86. The lowest BCUT2D eigenvalue weighted by atomic mass is 9.97. The van der Waals surface area contributed by atoms with E-state index in [4.69, 9.17) is 4.74 Å². The number of carbonyl (C=O) groups excluding carboxylic acids is 1. The highest BCUT2D eigenvalue weighted by atomic mass is 16.5. The fourth-order valence-electron chi connectivity index (χ4n) is 0.802. The summed E-state index contributed by atoms with van der Waals surface area (Å²) in [7, 11) is 0. The Morgan fingerprint density at radius 3 is 2.43 bits per heavy atom. The average molecular weight is 199 g/mol. The van der Waals surface area contributed by atoms with Gasteiger partial charge in [-0.05, 0) is 12.3 Å². The molecule has 0 amide bonds. The first kappa shape index (κ1) is 13.2. The molecule has 0 bridgehead atoms. The van der Waals surface area contributed by atoms with E-state index in [-0.39, 0.29) is 11.4 Å². The van der Waals surface area contributed by atoms with Gasteiger partial charge in [-0.3, -0.25) is 0 Å². The van der Waals surface area contributed by atoms with Crippen LogP contribution in [0.25, 0.3) is 0 Å². The van der Waals surface area contributed by atoms with Crippen molar-refractivity contribution in [3.63, 3.8) is 0 Å². The van der Waals surface area contributed by atoms with Gasteiger partial charge in [-0.25, -0.2) is 4.79 Å². The third-order valence-electron chi connectivity index (χ3n) is 1.52. The normalized spacial score (nSPS) is 11.1. The number of hydrogen-bond acceptors (Lipinski definition) is 3. The van der Waals surface area contributed by atoms with Gasteiger partial charge in [0.2, 0.25) is 0 Å². The lowest BCUT2D eigenvalue weighted by Gasteiger charge is -2.18. The number of ether oxygens (including phenoxy) is 1. The SMILES string of the molecule is C=C(C)C(=O)OCCNCC(C)(C)C. The van der Waals surface area contributed by atoms with E-state index in [1.54, 1.807) is 6.92 Å². The van der Waals surface area contributed by atoms with Crippen LogP contribution in [0.1, 0.15) is 27.7 Å². The summed E-state index contributed by atoms with van der Waals surface area (Å²) in [5.74, 6) is -0.317. The number of rotatable bonds is 5. The fraction of sp³-hybridized carbons (Fsp3) is 0.727. The topological polar surface area (TPSA) is 38.3 Å². The van der Waals surface area contributed by atoms with Crippen LogP contribution in [-0.2, 0) is 9.53 Å². The van der Waals surface area contributed by atoms with E-state index in [0.29, 0.717) is 18.7 Å². The van der Waals surface area contributed by atoms with E-state index in [1.807, 2.05) is 0 Å². The highest BCUT2D eigenvalue weighted by molar-refractivity contribution is 5.86. The molecule has 82 valence electrons. The number of nitrogens with one attached hydrogen (secondary N) is 1. The predicted octanol–water partition coefficient (Wildman–Crippen LogP) is 1.74. The van der Waals surface area contributed by atoms with E-state index < -0.39 is 0 Å². The highest BCUT2D eigenvalue weighted by Gasteiger charge is 2.08. The quantitative estimate of drug-likeness (QED) is 0.416. The zero-order valence-corrected chi connectivity index (χ0v) is 9.64. The maximum Gasteiger partial charge on any atom is 0.333 e. The Morgan fingerprint density at radius 1 is 1.43 bits per heavy atom. The molecule has 0 saturated carbocycles. The Hall–Kier alpha value is -0.830. The molecule has 0 aromatic heterocycles. The molecule has 0 saturated heterocycles. The van der Waals surface area contributed by atoms with Gasteiger partial charge in [0, 0.05) is 18.7 Å². The van der Waals surface area contributed by atoms with Crippen LogP contribution >= 0.6 is 0 Å². The van der Waals surface area contributed by atoms with E-state index in [9.17, 15) is 4.79 Å². The molecule has 0 rings (SSSR count). The first-order valence-electron chi connectivity index (χ1n) is 4.86. The lowest BCUT2D eigenvalue weighted by molar-refractivity contribution is -0.138. The largest absolute Gasteiger partial charge is 0.461 e. The maximum atomic E-state index is 11.0. The van der Waals surface area contributed by atoms with Crippen molar-refractivity contribution in [2.45, 2.75) is 27.7 Å². The Bertz CT molecular complexity index is 204. The first-order chi connectivity index (χ1) is 6.33. The number of hydrogen-bond donors (Lipinski definition) is 1. The van der Waals surface area contributed by atoms with Gasteiger partial charge < -0.3 is 10.1 Å². The van der Waals surface area contributed by atoms with Crippen LogP contribution < -0.4 is 5.32 Å². The van der Waals surface area contributed by atoms with Crippen LogP contribution in [-0.4, -0.2) is 25.7 Å². The van der Waals surface area contributed by atoms with Crippen molar-refractivity contribution >= 4 is 5.97 Å². The van der Waals surface area contributed by atoms with Crippen molar-refractivity contribution in [1.29, 1.82) is 0 Å². The summed E-state index contributed by atoms with van der Waals surface area (Å²) in [6, 6.07) is 0. The van der Waals surface area contributed by atoms with Crippen molar-refractivity contribution < 1.29 is 9.53 Å². The summed E-state index contributed by atoms with van der Waals surface area (Å²) < 4.78 is 4.92. The minimum absolute atomic E-state index is 0.262. The maximum absolute atomic E-state index is 11.0. The van der Waals surface area contributed by atoms with Crippen molar-refractivity contribution in [1.82, 2.24) is 5.32 Å². The van der Waals surface area contributed by atoms with E-state index >= 15 is 0 Å². The van der Waals surface area contributed by atoms with E-state index in [2.05, 4.69) is 32.7 Å². The second kappa shape index (κ2) is 5.81. The van der Waals surface area contributed by atoms with Crippen LogP contribution in [0.5, 0.6) is 0 Å². The van der Waals surface area contributed by atoms with Crippen LogP contribution in [0.15, 0.2) is 12.2 Å². The van der Waals surface area contributed by atoms with E-state index in [0.717, 1.165) is 6.54 Å². The molecule has 0 aromatic rings. The molecule has 0 fully saturated rings. The smallest absolute Gasteiger partial charge is 0.333 e. The Balaban J connectivity index is 3.39. The highest BCUT2D eigenvalue weighted by Crippen LogP contribution is 2.09. The molecule has 0 aliphatic heterocycles. The molecule has 1 N–H and O–H groups in total. The standard InChI is InChI=1S/C11H21NO2/c1-9(2)10(13)14-7-6-12-8-11(3,4)5/h12H,1,6-8H2,2-5H3. The lowest BCUT2D eigenvalue weighted by Crippen LogP contribution is -2.30. The van der Waals surface area contributed by atoms with Crippen LogP contribution in [0.2, 0.25) is 0 Å². The summed E-state index contributed by atoms with van der Waals surface area (Å²) in [5.41, 5.74) is 0.707. The van der Waals surface area contributed by atoms with Crippen LogP contribution in [0, 0.1) is 5.41 Å². The van der Waals surface area contributed by atoms with Gasteiger partial charge in [0.15, 0.2) is 0 Å². The van der Waals surface area contributed by atoms with Crippen molar-refractivity contribution in [3.05, 3.63) is 12.2 Å². The van der Waals surface area contributed by atoms with Gasteiger partial charge in [0.1, 0.15) is 6.61 Å². The van der Waals surface area contributed by atoms with Crippen molar-refractivity contribution in [2.75, 3.05) is 19.7 Å². The van der Waals surface area contributed by atoms with Gasteiger partial charge in [-0.1, -0.05) is 27.4 Å². The van der Waals surface area contributed by atoms with Gasteiger partial charge in [0.25, 0.3) is 0 Å². The average Bonchev–Trinajstić information content (AvgIpc) is 2.01. The molecular formula is C11H21NO2. The van der Waals surface area contributed by atoms with Gasteiger partial charge >= 0.3 is 5.97 Å². The molecule has 3 nitrogen and oxygen atoms in total. The predicted molar refractivity (Wildman–Crippen MR) is 58.1 cm³/mol. The van der Waals surface area contributed by atoms with Gasteiger partial charge in [-0.2, -0.15) is 0 Å². The second-order valence-corrected chi connectivity index (χ2v) is 4.65. The summed E-state index contributed by atoms with van der Waals surface area (Å²) in [6.45, 7) is 13.6. The molecule has 0 unspecified atom stereocenters. The minimum Gasteiger partial charge on any atom is -0.461 e. The summed E-state index contributed by atoms with van der Waals surface area (Å²) >= 11 is 0. The monoisotopic (exact) mass is 199 g/mol. The molecule has 14 heavy (non-hydrogen) atoms. The molecule has 0 heterocycles. The second-order valence-electron chi connectivity index (χ2n) is 4.65. The Morgan fingerprint density at radius 2 is 2.00 bits per heavy atom. The Labute approximate surface area is 86.5 Å².